The summed E-state index contributed by atoms with van der Waals surface area (Å²) in [4.78, 5) is 9.92. The second-order valence-corrected chi connectivity index (χ2v) is 2.57. The van der Waals surface area contributed by atoms with Crippen LogP contribution in [0.1, 0.15) is 26.2 Å². The number of aldehydes is 1. The number of hydrogen-bond donors (Lipinski definition) is 0. The normalized spacial score (nSPS) is 34.6. The predicted octanol–water partition coefficient (Wildman–Crippen LogP) is 1.62. The lowest BCUT2D eigenvalue weighted by Gasteiger charge is -1.84. The SMILES string of the molecule is CC[C@H]1C[C@@H]1CC=O. The Morgan fingerprint density at radius 2 is 2.38 bits per heavy atom. The Balaban J connectivity index is 2.07. The highest BCUT2D eigenvalue weighted by Crippen LogP contribution is 2.42. The molecule has 1 aliphatic rings. The van der Waals surface area contributed by atoms with Crippen molar-refractivity contribution in [1.29, 1.82) is 0 Å². The fourth-order valence-corrected chi connectivity index (χ4v) is 1.22. The molecular weight excluding hydrogens is 100 g/mol. The van der Waals surface area contributed by atoms with E-state index in [1.54, 1.807) is 0 Å². The Morgan fingerprint density at radius 3 is 2.75 bits per heavy atom. The zero-order chi connectivity index (χ0) is 5.98. The van der Waals surface area contributed by atoms with Gasteiger partial charge in [-0.2, -0.15) is 0 Å². The minimum absolute atomic E-state index is 0.762. The van der Waals surface area contributed by atoms with Crippen LogP contribution >= 0.6 is 0 Å². The number of carbonyl (C=O) groups is 1. The summed E-state index contributed by atoms with van der Waals surface area (Å²) in [6, 6.07) is 0. The van der Waals surface area contributed by atoms with Crippen molar-refractivity contribution >= 4 is 6.29 Å². The molecule has 0 aliphatic heterocycles. The van der Waals surface area contributed by atoms with Crippen LogP contribution in [0.5, 0.6) is 0 Å². The van der Waals surface area contributed by atoms with Gasteiger partial charge in [0.05, 0.1) is 0 Å². The van der Waals surface area contributed by atoms with Gasteiger partial charge in [-0.1, -0.05) is 13.3 Å². The lowest BCUT2D eigenvalue weighted by molar-refractivity contribution is -0.108. The Labute approximate surface area is 50.1 Å². The standard InChI is InChI=1S/C7H12O/c1-2-6-5-7(6)3-4-8/h4,6-7H,2-3,5H2,1H3/t6-,7-/m0/s1. The average molecular weight is 112 g/mol. The maximum Gasteiger partial charge on any atom is 0.120 e. The van der Waals surface area contributed by atoms with Crippen LogP contribution in [-0.4, -0.2) is 6.29 Å². The van der Waals surface area contributed by atoms with Crippen LogP contribution in [0.4, 0.5) is 0 Å². The summed E-state index contributed by atoms with van der Waals surface area (Å²) >= 11 is 0. The van der Waals surface area contributed by atoms with Gasteiger partial charge in [-0.3, -0.25) is 0 Å². The van der Waals surface area contributed by atoms with Crippen LogP contribution in [0, 0.1) is 11.8 Å². The molecule has 0 heterocycles. The molecule has 1 rings (SSSR count). The monoisotopic (exact) mass is 112 g/mol. The molecule has 0 spiro atoms. The third-order valence-electron chi connectivity index (χ3n) is 1.99. The molecule has 0 aromatic heterocycles. The maximum atomic E-state index is 9.92. The van der Waals surface area contributed by atoms with Gasteiger partial charge in [-0.15, -0.1) is 0 Å². The van der Waals surface area contributed by atoms with Gasteiger partial charge >= 0.3 is 0 Å². The summed E-state index contributed by atoms with van der Waals surface area (Å²) in [6.45, 7) is 2.19. The molecular formula is C7H12O. The number of hydrogen-bond acceptors (Lipinski definition) is 1. The molecule has 0 bridgehead atoms. The fourth-order valence-electron chi connectivity index (χ4n) is 1.22. The van der Waals surface area contributed by atoms with Gasteiger partial charge in [0.1, 0.15) is 6.29 Å². The van der Waals surface area contributed by atoms with Crippen molar-refractivity contribution in [3.8, 4) is 0 Å². The van der Waals surface area contributed by atoms with Crippen LogP contribution in [0.3, 0.4) is 0 Å². The van der Waals surface area contributed by atoms with Crippen LogP contribution in [0.15, 0.2) is 0 Å². The van der Waals surface area contributed by atoms with Crippen LogP contribution in [0.25, 0.3) is 0 Å². The molecule has 0 amide bonds. The van der Waals surface area contributed by atoms with Crippen LogP contribution in [0.2, 0.25) is 0 Å². The van der Waals surface area contributed by atoms with E-state index in [-0.39, 0.29) is 0 Å². The molecule has 46 valence electrons. The van der Waals surface area contributed by atoms with Gasteiger partial charge in [0.2, 0.25) is 0 Å². The summed E-state index contributed by atoms with van der Waals surface area (Å²) in [7, 11) is 0. The molecule has 0 unspecified atom stereocenters. The highest BCUT2D eigenvalue weighted by molar-refractivity contribution is 5.50. The average Bonchev–Trinajstić information content (AvgIpc) is 2.48. The Morgan fingerprint density at radius 1 is 1.62 bits per heavy atom. The second kappa shape index (κ2) is 2.29. The van der Waals surface area contributed by atoms with Gasteiger partial charge in [0, 0.05) is 6.42 Å². The smallest absolute Gasteiger partial charge is 0.120 e. The van der Waals surface area contributed by atoms with E-state index in [4.69, 9.17) is 0 Å². The molecule has 1 fully saturated rings. The molecule has 2 atom stereocenters. The van der Waals surface area contributed by atoms with E-state index in [0.717, 1.165) is 24.5 Å². The molecule has 1 aliphatic carbocycles. The summed E-state index contributed by atoms with van der Waals surface area (Å²) in [6.07, 6.45) is 4.41. The molecule has 1 nitrogen and oxygen atoms in total. The van der Waals surface area contributed by atoms with Crippen LogP contribution in [-0.2, 0) is 4.79 Å². The second-order valence-electron chi connectivity index (χ2n) is 2.57. The van der Waals surface area contributed by atoms with Gasteiger partial charge in [0.15, 0.2) is 0 Å². The molecule has 1 saturated carbocycles. The highest BCUT2D eigenvalue weighted by atomic mass is 16.1. The van der Waals surface area contributed by atoms with E-state index in [0.29, 0.717) is 0 Å². The van der Waals surface area contributed by atoms with Gasteiger partial charge in [-0.05, 0) is 18.3 Å². The first-order valence-corrected chi connectivity index (χ1v) is 3.32. The zero-order valence-electron chi connectivity index (χ0n) is 5.26. The third kappa shape index (κ3) is 1.09. The van der Waals surface area contributed by atoms with E-state index in [9.17, 15) is 4.79 Å². The molecule has 0 aromatic rings. The van der Waals surface area contributed by atoms with E-state index in [1.807, 2.05) is 0 Å². The van der Waals surface area contributed by atoms with Gasteiger partial charge in [-0.25, -0.2) is 0 Å². The molecule has 0 saturated heterocycles. The highest BCUT2D eigenvalue weighted by Gasteiger charge is 2.34. The summed E-state index contributed by atoms with van der Waals surface area (Å²) in [5.74, 6) is 1.65. The minimum Gasteiger partial charge on any atom is -0.303 e. The van der Waals surface area contributed by atoms with Crippen LogP contribution < -0.4 is 0 Å². The van der Waals surface area contributed by atoms with Crippen molar-refractivity contribution < 1.29 is 4.79 Å². The van der Waals surface area contributed by atoms with Gasteiger partial charge < -0.3 is 4.79 Å². The molecule has 8 heavy (non-hydrogen) atoms. The van der Waals surface area contributed by atoms with E-state index in [2.05, 4.69) is 6.92 Å². The van der Waals surface area contributed by atoms with Crippen molar-refractivity contribution in [2.75, 3.05) is 0 Å². The molecule has 1 heteroatoms. The van der Waals surface area contributed by atoms with Crippen molar-refractivity contribution in [2.24, 2.45) is 11.8 Å². The van der Waals surface area contributed by atoms with E-state index >= 15 is 0 Å². The molecule has 0 radical (unpaired) electrons. The maximum absolute atomic E-state index is 9.92. The lowest BCUT2D eigenvalue weighted by Crippen LogP contribution is -1.80. The predicted molar refractivity (Wildman–Crippen MR) is 32.6 cm³/mol. The van der Waals surface area contributed by atoms with E-state index < -0.39 is 0 Å². The first-order chi connectivity index (χ1) is 3.88. The van der Waals surface area contributed by atoms with Crippen molar-refractivity contribution in [3.63, 3.8) is 0 Å². The zero-order valence-corrected chi connectivity index (χ0v) is 5.26. The minimum atomic E-state index is 0.762. The fraction of sp³-hybridized carbons (Fsp3) is 0.857. The summed E-state index contributed by atoms with van der Waals surface area (Å²) in [5.41, 5.74) is 0. The largest absolute Gasteiger partial charge is 0.303 e. The Bertz CT molecular complexity index is 88.4. The third-order valence-corrected chi connectivity index (χ3v) is 1.99. The first-order valence-electron chi connectivity index (χ1n) is 3.32. The summed E-state index contributed by atoms with van der Waals surface area (Å²) < 4.78 is 0. The molecule has 0 aromatic carbocycles. The quantitative estimate of drug-likeness (QED) is 0.507. The Hall–Kier alpha value is -0.330. The first kappa shape index (κ1) is 5.80. The summed E-state index contributed by atoms with van der Waals surface area (Å²) in [5, 5.41) is 0. The number of rotatable bonds is 3. The lowest BCUT2D eigenvalue weighted by atomic mass is 10.2. The molecule has 0 N–H and O–H groups in total. The van der Waals surface area contributed by atoms with Crippen molar-refractivity contribution in [3.05, 3.63) is 0 Å². The Kier molecular flexibility index (Phi) is 1.66. The van der Waals surface area contributed by atoms with E-state index in [1.165, 1.54) is 12.8 Å². The number of carbonyl (C=O) groups excluding carboxylic acids is 1. The van der Waals surface area contributed by atoms with Crippen molar-refractivity contribution in [1.82, 2.24) is 0 Å². The van der Waals surface area contributed by atoms with Crippen molar-refractivity contribution in [2.45, 2.75) is 26.2 Å². The topological polar surface area (TPSA) is 17.1 Å². The van der Waals surface area contributed by atoms with Gasteiger partial charge in [0.25, 0.3) is 0 Å².